The summed E-state index contributed by atoms with van der Waals surface area (Å²) in [5.74, 6) is 0.265. The lowest BCUT2D eigenvalue weighted by atomic mass is 10.2. The number of amidine groups is 1. The van der Waals surface area contributed by atoms with Crippen molar-refractivity contribution in [1.29, 1.82) is 0 Å². The van der Waals surface area contributed by atoms with Gasteiger partial charge in [0.1, 0.15) is 5.82 Å². The number of rotatable bonds is 2. The molecule has 1 aromatic carbocycles. The van der Waals surface area contributed by atoms with Crippen molar-refractivity contribution in [2.45, 2.75) is 5.75 Å². The van der Waals surface area contributed by atoms with E-state index >= 15 is 0 Å². The largest absolute Gasteiger partial charge is 1.00 e. The highest BCUT2D eigenvalue weighted by Crippen LogP contribution is 2.13. The van der Waals surface area contributed by atoms with E-state index in [1.165, 1.54) is 17.8 Å². The van der Waals surface area contributed by atoms with Gasteiger partial charge in [-0.15, -0.1) is 0 Å². The fourth-order valence-corrected chi connectivity index (χ4v) is 1.33. The van der Waals surface area contributed by atoms with E-state index in [1.807, 2.05) is 0 Å². The highest BCUT2D eigenvalue weighted by atomic mass is 35.5. The molecular formula is C8H10ClFN2S. The second-order valence-corrected chi connectivity index (χ2v) is 3.33. The van der Waals surface area contributed by atoms with Crippen molar-refractivity contribution in [2.24, 2.45) is 5.73 Å². The first-order chi connectivity index (χ1) is 5.70. The first-order valence-corrected chi connectivity index (χ1v) is 4.43. The van der Waals surface area contributed by atoms with E-state index in [0.717, 1.165) is 0 Å². The molecule has 0 heterocycles. The molecule has 0 saturated heterocycles. The maximum atomic E-state index is 12.9. The van der Waals surface area contributed by atoms with E-state index in [4.69, 9.17) is 11.1 Å². The summed E-state index contributed by atoms with van der Waals surface area (Å²) in [6.45, 7) is 0. The van der Waals surface area contributed by atoms with E-state index in [2.05, 4.69) is 0 Å². The molecular weight excluding hydrogens is 211 g/mol. The molecule has 0 spiro atoms. The van der Waals surface area contributed by atoms with Crippen LogP contribution in [0, 0.1) is 5.82 Å². The molecule has 0 unspecified atom stereocenters. The second kappa shape index (κ2) is 5.83. The number of hydrogen-bond donors (Lipinski definition) is 2. The lowest BCUT2D eigenvalue weighted by molar-refractivity contribution is -0.110. The summed E-state index contributed by atoms with van der Waals surface area (Å²) in [4.78, 5) is 0. The summed E-state index contributed by atoms with van der Waals surface area (Å²) in [6.07, 6.45) is 0. The van der Waals surface area contributed by atoms with Crippen LogP contribution in [0.3, 0.4) is 0 Å². The predicted molar refractivity (Wildman–Crippen MR) is 48.8 cm³/mol. The molecule has 0 aliphatic carbocycles. The molecule has 0 amide bonds. The SMILES string of the molecule is NC(=[NH2+])SCc1ccccc1F.[Cl-]. The number of halogens is 2. The number of thioether (sulfide) groups is 1. The molecule has 72 valence electrons. The Kier molecular flexibility index (Phi) is 5.50. The van der Waals surface area contributed by atoms with E-state index in [9.17, 15) is 4.39 Å². The zero-order valence-electron chi connectivity index (χ0n) is 6.84. The van der Waals surface area contributed by atoms with Gasteiger partial charge in [0, 0.05) is 5.75 Å². The van der Waals surface area contributed by atoms with Gasteiger partial charge in [0.15, 0.2) is 0 Å². The van der Waals surface area contributed by atoms with Crippen LogP contribution < -0.4 is 23.5 Å². The molecule has 4 N–H and O–H groups in total. The summed E-state index contributed by atoms with van der Waals surface area (Å²) >= 11 is 1.23. The van der Waals surface area contributed by atoms with Crippen molar-refractivity contribution in [3.8, 4) is 0 Å². The van der Waals surface area contributed by atoms with Crippen LogP contribution in [-0.2, 0) is 5.75 Å². The summed E-state index contributed by atoms with van der Waals surface area (Å²) in [5.41, 5.74) is 5.85. The second-order valence-electron chi connectivity index (χ2n) is 2.28. The van der Waals surface area contributed by atoms with Gasteiger partial charge in [-0.1, -0.05) is 18.2 Å². The topological polar surface area (TPSA) is 51.6 Å². The van der Waals surface area contributed by atoms with Crippen molar-refractivity contribution in [2.75, 3.05) is 0 Å². The van der Waals surface area contributed by atoms with Crippen LogP contribution in [0.4, 0.5) is 4.39 Å². The smallest absolute Gasteiger partial charge is 0.300 e. The third-order valence-corrected chi connectivity index (χ3v) is 2.14. The van der Waals surface area contributed by atoms with Crippen LogP contribution >= 0.6 is 11.8 Å². The van der Waals surface area contributed by atoms with Gasteiger partial charge in [-0.05, 0) is 23.4 Å². The van der Waals surface area contributed by atoms with Crippen LogP contribution in [0.1, 0.15) is 5.56 Å². The van der Waals surface area contributed by atoms with Gasteiger partial charge < -0.3 is 12.4 Å². The van der Waals surface area contributed by atoms with Crippen molar-refractivity contribution in [3.05, 3.63) is 35.6 Å². The van der Waals surface area contributed by atoms with Gasteiger partial charge in [0.25, 0.3) is 5.17 Å². The lowest BCUT2D eigenvalue weighted by Gasteiger charge is -1.98. The minimum Gasteiger partial charge on any atom is -1.00 e. The van der Waals surface area contributed by atoms with E-state index < -0.39 is 0 Å². The van der Waals surface area contributed by atoms with Crippen LogP contribution in [0.25, 0.3) is 0 Å². The molecule has 13 heavy (non-hydrogen) atoms. The Morgan fingerprint density at radius 1 is 1.46 bits per heavy atom. The molecule has 0 atom stereocenters. The molecule has 0 aliphatic heterocycles. The Bertz CT molecular complexity index is 293. The van der Waals surface area contributed by atoms with Crippen molar-refractivity contribution in [1.82, 2.24) is 0 Å². The summed E-state index contributed by atoms with van der Waals surface area (Å²) in [6, 6.07) is 6.57. The molecule has 1 rings (SSSR count). The average molecular weight is 221 g/mol. The third kappa shape index (κ3) is 4.15. The van der Waals surface area contributed by atoms with Gasteiger partial charge in [0.05, 0.1) is 0 Å². The van der Waals surface area contributed by atoms with Crippen molar-refractivity contribution < 1.29 is 22.2 Å². The van der Waals surface area contributed by atoms with Gasteiger partial charge in [0.2, 0.25) is 0 Å². The number of benzene rings is 1. The number of hydrogen-bond acceptors (Lipinski definition) is 1. The first kappa shape index (κ1) is 12.3. The van der Waals surface area contributed by atoms with Crippen LogP contribution in [0.5, 0.6) is 0 Å². The van der Waals surface area contributed by atoms with Gasteiger partial charge in [-0.3, -0.25) is 11.1 Å². The Morgan fingerprint density at radius 2 is 2.08 bits per heavy atom. The predicted octanol–water partition coefficient (Wildman–Crippen LogP) is -2.86. The molecule has 5 heteroatoms. The van der Waals surface area contributed by atoms with E-state index in [-0.39, 0.29) is 23.4 Å². The maximum Gasteiger partial charge on any atom is 0.300 e. The highest BCUT2D eigenvalue weighted by Gasteiger charge is 2.02. The normalized spacial score (nSPS) is 9.00. The maximum absolute atomic E-state index is 12.9. The number of nitrogens with two attached hydrogens (primary N) is 2. The fraction of sp³-hybridized carbons (Fsp3) is 0.125. The molecule has 0 saturated carbocycles. The first-order valence-electron chi connectivity index (χ1n) is 3.44. The van der Waals surface area contributed by atoms with E-state index in [0.29, 0.717) is 11.3 Å². The molecule has 0 aliphatic rings. The molecule has 2 nitrogen and oxygen atoms in total. The summed E-state index contributed by atoms with van der Waals surface area (Å²) in [7, 11) is 0. The Hall–Kier alpha value is -0.740. The standard InChI is InChI=1S/C8H9FN2S.ClH/c9-7-4-2-1-3-6(7)5-12-8(10)11;/h1-4H,5H2,(H3,10,11);1H. The molecule has 1 aromatic rings. The quantitative estimate of drug-likeness (QED) is 0.416. The third-order valence-electron chi connectivity index (χ3n) is 1.35. The highest BCUT2D eigenvalue weighted by molar-refractivity contribution is 8.12. The average Bonchev–Trinajstić information content (AvgIpc) is 2.03. The van der Waals surface area contributed by atoms with Gasteiger partial charge in [-0.2, -0.15) is 0 Å². The summed E-state index contributed by atoms with van der Waals surface area (Å²) in [5, 5.41) is 5.49. The summed E-state index contributed by atoms with van der Waals surface area (Å²) < 4.78 is 12.9. The Balaban J connectivity index is 0.00000144. The van der Waals surface area contributed by atoms with E-state index in [1.54, 1.807) is 18.2 Å². The van der Waals surface area contributed by atoms with Crippen molar-refractivity contribution >= 4 is 16.9 Å². The van der Waals surface area contributed by atoms with Gasteiger partial charge in [-0.25, -0.2) is 4.39 Å². The Labute approximate surface area is 86.6 Å². The van der Waals surface area contributed by atoms with Gasteiger partial charge >= 0.3 is 0 Å². The molecule has 0 fully saturated rings. The zero-order valence-corrected chi connectivity index (χ0v) is 8.41. The van der Waals surface area contributed by atoms with Crippen LogP contribution in [0.15, 0.2) is 24.3 Å². The molecule has 0 bridgehead atoms. The van der Waals surface area contributed by atoms with Crippen LogP contribution in [0.2, 0.25) is 0 Å². The molecule has 0 radical (unpaired) electrons. The molecule has 0 aromatic heterocycles. The zero-order chi connectivity index (χ0) is 8.97. The monoisotopic (exact) mass is 220 g/mol. The van der Waals surface area contributed by atoms with Crippen LogP contribution in [-0.4, -0.2) is 5.17 Å². The fourth-order valence-electron chi connectivity index (χ4n) is 0.777. The minimum atomic E-state index is -0.216. The minimum absolute atomic E-state index is 0. The van der Waals surface area contributed by atoms with Crippen molar-refractivity contribution in [3.63, 3.8) is 0 Å². The lowest BCUT2D eigenvalue weighted by Crippen LogP contribution is -3.00. The Morgan fingerprint density at radius 3 is 2.62 bits per heavy atom.